The topological polar surface area (TPSA) is 32.3 Å². The van der Waals surface area contributed by atoms with E-state index in [0.29, 0.717) is 0 Å². The Kier molecular flexibility index (Phi) is 2.39. The highest BCUT2D eigenvalue weighted by molar-refractivity contribution is 5.74. The van der Waals surface area contributed by atoms with Crippen LogP contribution in [0.2, 0.25) is 0 Å². The molecule has 2 rings (SSSR count). The fraction of sp³-hybridized carbons (Fsp3) is 0.364. The third-order valence-corrected chi connectivity index (χ3v) is 2.52. The summed E-state index contributed by atoms with van der Waals surface area (Å²) in [5.74, 6) is 0.142. The molecule has 76 valence electrons. The van der Waals surface area contributed by atoms with Crippen LogP contribution in [-0.2, 0) is 11.3 Å². The van der Waals surface area contributed by atoms with Crippen molar-refractivity contribution in [1.29, 1.82) is 0 Å². The average Bonchev–Trinajstić information content (AvgIpc) is 2.39. The summed E-state index contributed by atoms with van der Waals surface area (Å²) in [6, 6.07) is 8.13. The zero-order chi connectivity index (χ0) is 9.97. The lowest BCUT2D eigenvalue weighted by Gasteiger charge is -2.17. The number of nitrogens with one attached hydrogen (secondary N) is 1. The summed E-state index contributed by atoms with van der Waals surface area (Å²) in [6.45, 7) is 3.95. The summed E-state index contributed by atoms with van der Waals surface area (Å²) in [7, 11) is 0. The molecule has 1 aromatic carbocycles. The number of hydrogen-bond donors (Lipinski definition) is 1. The van der Waals surface area contributed by atoms with E-state index in [2.05, 4.69) is 17.4 Å². The molecule has 0 fully saturated rings. The number of benzene rings is 1. The summed E-state index contributed by atoms with van der Waals surface area (Å²) < 4.78 is 0. The second-order valence-electron chi connectivity index (χ2n) is 3.52. The maximum absolute atomic E-state index is 11.3. The summed E-state index contributed by atoms with van der Waals surface area (Å²) >= 11 is 0. The van der Waals surface area contributed by atoms with Gasteiger partial charge in [0, 0.05) is 33.7 Å². The summed E-state index contributed by atoms with van der Waals surface area (Å²) in [6.07, 6.45) is 0. The molecule has 0 unspecified atom stereocenters. The van der Waals surface area contributed by atoms with Gasteiger partial charge in [-0.25, -0.2) is 0 Å². The van der Waals surface area contributed by atoms with E-state index in [1.165, 1.54) is 5.56 Å². The number of nitrogens with zero attached hydrogens (tertiary/aromatic N) is 1. The molecular weight excluding hydrogens is 176 g/mol. The molecular formula is C11H16N2O. The first-order valence-corrected chi connectivity index (χ1v) is 4.84. The van der Waals surface area contributed by atoms with Gasteiger partial charge in [0.15, 0.2) is 0 Å². The fourth-order valence-electron chi connectivity index (χ4n) is 1.71. The van der Waals surface area contributed by atoms with Gasteiger partial charge in [0.25, 0.3) is 0 Å². The maximum atomic E-state index is 11.3. The van der Waals surface area contributed by atoms with Gasteiger partial charge in [-0.1, -0.05) is 18.2 Å². The first-order chi connectivity index (χ1) is 6.77. The predicted octanol–water partition coefficient (Wildman–Crippen LogP) is 1.71. The molecule has 3 heteroatoms. The van der Waals surface area contributed by atoms with Crippen LogP contribution in [0.25, 0.3) is 0 Å². The summed E-state index contributed by atoms with van der Waals surface area (Å²) in [5, 5.41) is 3.32. The third kappa shape index (κ3) is 1.71. The van der Waals surface area contributed by atoms with Crippen molar-refractivity contribution in [2.24, 2.45) is 0 Å². The Labute approximate surface area is 85.2 Å². The largest absolute Gasteiger partial charge is 0.383 e. The van der Waals surface area contributed by atoms with Gasteiger partial charge in [0.2, 0.25) is 5.91 Å². The number of hydrogen-bond acceptors (Lipinski definition) is 2. The van der Waals surface area contributed by atoms with E-state index in [1.807, 2.05) is 17.0 Å². The molecule has 1 N–H and O–H groups in total. The number of anilines is 1. The molecule has 0 bridgehead atoms. The molecule has 1 heterocycles. The number of carbonyl (C=O) groups is 1. The molecule has 0 aromatic heterocycles. The molecule has 0 aliphatic carbocycles. The summed E-state index contributed by atoms with van der Waals surface area (Å²) in [4.78, 5) is 13.1. The predicted molar refractivity (Wildman–Crippen MR) is 58.1 cm³/mol. The Morgan fingerprint density at radius 3 is 3.07 bits per heavy atom. The Morgan fingerprint density at radius 1 is 1.50 bits per heavy atom. The highest BCUT2D eigenvalue weighted by Gasteiger charge is 2.14. The van der Waals surface area contributed by atoms with Crippen LogP contribution in [0.1, 0.15) is 13.9 Å². The summed E-state index contributed by atoms with van der Waals surface area (Å²) in [5.41, 5.74) is 2.34. The lowest BCUT2D eigenvalue weighted by Crippen LogP contribution is -2.30. The first-order valence-electron chi connectivity index (χ1n) is 4.84. The van der Waals surface area contributed by atoms with E-state index in [9.17, 15) is 4.79 Å². The van der Waals surface area contributed by atoms with E-state index >= 15 is 0 Å². The minimum Gasteiger partial charge on any atom is -0.383 e. The van der Waals surface area contributed by atoms with Crippen LogP contribution in [0, 0.1) is 0 Å². The van der Waals surface area contributed by atoms with Gasteiger partial charge in [-0.2, -0.15) is 0 Å². The van der Waals surface area contributed by atoms with Crippen molar-refractivity contribution >= 4 is 11.6 Å². The molecule has 1 aliphatic rings. The minimum atomic E-state index is 0. The Balaban J connectivity index is 0.00000112. The van der Waals surface area contributed by atoms with Crippen molar-refractivity contribution in [1.82, 2.24) is 4.90 Å². The van der Waals surface area contributed by atoms with Gasteiger partial charge < -0.3 is 10.2 Å². The molecule has 0 atom stereocenters. The zero-order valence-corrected chi connectivity index (χ0v) is 8.29. The number of rotatable bonds is 0. The van der Waals surface area contributed by atoms with Gasteiger partial charge in [-0.05, 0) is 11.6 Å². The molecule has 1 aromatic rings. The second-order valence-corrected chi connectivity index (χ2v) is 3.52. The lowest BCUT2D eigenvalue weighted by atomic mass is 10.2. The molecule has 14 heavy (non-hydrogen) atoms. The second kappa shape index (κ2) is 3.70. The quantitative estimate of drug-likeness (QED) is 0.678. The van der Waals surface area contributed by atoms with Crippen molar-refractivity contribution < 1.29 is 6.22 Å². The van der Waals surface area contributed by atoms with Crippen LogP contribution >= 0.6 is 0 Å². The van der Waals surface area contributed by atoms with Crippen molar-refractivity contribution in [3.05, 3.63) is 29.8 Å². The lowest BCUT2D eigenvalue weighted by molar-refractivity contribution is -0.129. The third-order valence-electron chi connectivity index (χ3n) is 2.52. The Morgan fingerprint density at radius 2 is 2.29 bits per heavy atom. The monoisotopic (exact) mass is 192 g/mol. The van der Waals surface area contributed by atoms with E-state index < -0.39 is 0 Å². The van der Waals surface area contributed by atoms with Crippen LogP contribution in [-0.4, -0.2) is 23.9 Å². The van der Waals surface area contributed by atoms with E-state index in [4.69, 9.17) is 0 Å². The Bertz CT molecular complexity index is 354. The van der Waals surface area contributed by atoms with Gasteiger partial charge in [-0.3, -0.25) is 4.79 Å². The van der Waals surface area contributed by atoms with E-state index in [0.717, 1.165) is 25.3 Å². The highest BCUT2D eigenvalue weighted by atomic mass is 16.2. The van der Waals surface area contributed by atoms with Crippen LogP contribution in [0.4, 0.5) is 5.69 Å². The molecule has 3 nitrogen and oxygen atoms in total. The molecule has 0 spiro atoms. The van der Waals surface area contributed by atoms with Crippen molar-refractivity contribution in [2.75, 3.05) is 18.4 Å². The number of para-hydroxylation sites is 1. The normalized spacial score (nSPS) is 15.4. The smallest absolute Gasteiger partial charge is 0.219 e. The van der Waals surface area contributed by atoms with E-state index in [-0.39, 0.29) is 7.33 Å². The van der Waals surface area contributed by atoms with E-state index in [1.54, 1.807) is 6.92 Å². The fourth-order valence-corrected chi connectivity index (χ4v) is 1.71. The van der Waals surface area contributed by atoms with Crippen LogP contribution in [0.3, 0.4) is 0 Å². The number of carbonyl (C=O) groups excluding carboxylic acids is 1. The Hall–Kier alpha value is -1.51. The van der Waals surface area contributed by atoms with Crippen molar-refractivity contribution in [3.8, 4) is 0 Å². The van der Waals surface area contributed by atoms with Gasteiger partial charge in [0.1, 0.15) is 0 Å². The maximum Gasteiger partial charge on any atom is 0.219 e. The van der Waals surface area contributed by atoms with Crippen LogP contribution in [0.5, 0.6) is 0 Å². The van der Waals surface area contributed by atoms with Gasteiger partial charge in [-0.15, -0.1) is 0 Å². The van der Waals surface area contributed by atoms with Crippen molar-refractivity contribution in [3.63, 3.8) is 0 Å². The van der Waals surface area contributed by atoms with Gasteiger partial charge >= 0.3 is 0 Å². The number of fused-ring (bicyclic) bond motifs is 1. The number of amides is 1. The minimum absolute atomic E-state index is 0. The molecule has 1 aliphatic heterocycles. The first kappa shape index (κ1) is 9.06. The van der Waals surface area contributed by atoms with Crippen LogP contribution < -0.4 is 5.32 Å². The molecule has 0 saturated carbocycles. The average molecular weight is 192 g/mol. The molecule has 1 amide bonds. The van der Waals surface area contributed by atoms with Crippen molar-refractivity contribution in [2.45, 2.75) is 13.5 Å². The zero-order valence-electron chi connectivity index (χ0n) is 8.29. The van der Waals surface area contributed by atoms with Crippen LogP contribution in [0.15, 0.2) is 24.3 Å². The SMILES string of the molecule is CC(=O)N1CCNc2ccccc2C1.[HH]. The van der Waals surface area contributed by atoms with Gasteiger partial charge in [0.05, 0.1) is 0 Å². The highest BCUT2D eigenvalue weighted by Crippen LogP contribution is 2.19. The standard InChI is InChI=1S/C11H14N2O.H2/c1-9(14)13-7-6-12-11-5-3-2-4-10(11)8-13;/h2-5,12H,6-8H2,1H3;1H. The molecule has 0 radical (unpaired) electrons. The molecule has 0 saturated heterocycles.